The van der Waals surface area contributed by atoms with E-state index in [-0.39, 0.29) is 5.78 Å². The van der Waals surface area contributed by atoms with Gasteiger partial charge in [-0.25, -0.2) is 0 Å². The Morgan fingerprint density at radius 3 is 2.62 bits per heavy atom. The van der Waals surface area contributed by atoms with Crippen molar-refractivity contribution in [3.05, 3.63) is 34.3 Å². The summed E-state index contributed by atoms with van der Waals surface area (Å²) < 4.78 is 0.900. The van der Waals surface area contributed by atoms with Crippen molar-refractivity contribution in [1.29, 1.82) is 0 Å². The number of hydrogen-bond donors (Lipinski definition) is 0. The second kappa shape index (κ2) is 7.06. The molecule has 1 saturated heterocycles. The first kappa shape index (κ1) is 16.7. The molecule has 1 aliphatic heterocycles. The van der Waals surface area contributed by atoms with Gasteiger partial charge in [0.25, 0.3) is 0 Å². The number of ketones is 1. The molecule has 21 heavy (non-hydrogen) atoms. The zero-order valence-electron chi connectivity index (χ0n) is 13.4. The summed E-state index contributed by atoms with van der Waals surface area (Å²) in [6, 6.07) is 7.71. The molecule has 0 spiro atoms. The predicted octanol–water partition coefficient (Wildman–Crippen LogP) is 4.78. The van der Waals surface area contributed by atoms with Gasteiger partial charge in [-0.05, 0) is 49.8 Å². The maximum Gasteiger partial charge on any atom is 0.177 e. The topological polar surface area (TPSA) is 20.3 Å². The van der Waals surface area contributed by atoms with Crippen molar-refractivity contribution in [2.75, 3.05) is 19.6 Å². The number of carbonyl (C=O) groups is 1. The largest absolute Gasteiger partial charge is 0.296 e. The average molecular weight is 352 g/mol. The molecule has 1 aromatic carbocycles. The fourth-order valence-corrected chi connectivity index (χ4v) is 3.66. The number of nitrogens with zero attached hydrogens (tertiary/aromatic N) is 1. The van der Waals surface area contributed by atoms with Crippen molar-refractivity contribution < 1.29 is 4.79 Å². The number of hydrogen-bond acceptors (Lipinski definition) is 2. The number of rotatable bonds is 3. The van der Waals surface area contributed by atoms with Gasteiger partial charge in [0.1, 0.15) is 0 Å². The van der Waals surface area contributed by atoms with Gasteiger partial charge in [0, 0.05) is 10.0 Å². The Balaban J connectivity index is 1.95. The van der Waals surface area contributed by atoms with Crippen LogP contribution in [0.15, 0.2) is 28.7 Å². The summed E-state index contributed by atoms with van der Waals surface area (Å²) in [6.45, 7) is 9.62. The Morgan fingerprint density at radius 1 is 1.24 bits per heavy atom. The first-order valence-corrected chi connectivity index (χ1v) is 8.67. The van der Waals surface area contributed by atoms with Crippen LogP contribution in [0, 0.1) is 11.3 Å². The highest BCUT2D eigenvalue weighted by Gasteiger charge is 2.27. The third kappa shape index (κ3) is 4.65. The van der Waals surface area contributed by atoms with E-state index in [0.717, 1.165) is 29.0 Å². The summed E-state index contributed by atoms with van der Waals surface area (Å²) in [4.78, 5) is 14.8. The lowest BCUT2D eigenvalue weighted by atomic mass is 9.77. The molecular formula is C18H26BrNO. The normalized spacial score (nSPS) is 21.0. The molecule has 0 bridgehead atoms. The minimum absolute atomic E-state index is 0.219. The van der Waals surface area contributed by atoms with E-state index < -0.39 is 0 Å². The number of halogens is 1. The molecule has 0 aromatic heterocycles. The van der Waals surface area contributed by atoms with Gasteiger partial charge < -0.3 is 0 Å². The van der Waals surface area contributed by atoms with Crippen molar-refractivity contribution in [2.45, 2.75) is 40.0 Å². The van der Waals surface area contributed by atoms with Crippen LogP contribution in [-0.2, 0) is 0 Å². The van der Waals surface area contributed by atoms with Crippen LogP contribution < -0.4 is 0 Å². The lowest BCUT2D eigenvalue weighted by molar-refractivity contribution is 0.0930. The monoisotopic (exact) mass is 351 g/mol. The second-order valence-electron chi connectivity index (χ2n) is 7.17. The van der Waals surface area contributed by atoms with Crippen LogP contribution in [0.25, 0.3) is 0 Å². The van der Waals surface area contributed by atoms with Gasteiger partial charge in [0.15, 0.2) is 5.78 Å². The van der Waals surface area contributed by atoms with E-state index in [0.29, 0.717) is 12.0 Å². The van der Waals surface area contributed by atoms with Crippen LogP contribution in [0.1, 0.15) is 50.4 Å². The van der Waals surface area contributed by atoms with Crippen molar-refractivity contribution in [3.8, 4) is 0 Å². The van der Waals surface area contributed by atoms with Gasteiger partial charge in [-0.15, -0.1) is 0 Å². The van der Waals surface area contributed by atoms with E-state index in [1.165, 1.54) is 19.3 Å². The first-order chi connectivity index (χ1) is 9.88. The number of likely N-dealkylation sites (tertiary alicyclic amines) is 1. The van der Waals surface area contributed by atoms with E-state index in [2.05, 4.69) is 41.6 Å². The summed E-state index contributed by atoms with van der Waals surface area (Å²) in [6.07, 6.45) is 3.68. The van der Waals surface area contributed by atoms with Crippen molar-refractivity contribution >= 4 is 21.7 Å². The van der Waals surface area contributed by atoms with E-state index in [1.54, 1.807) is 0 Å². The molecule has 1 fully saturated rings. The van der Waals surface area contributed by atoms with Crippen LogP contribution in [0.2, 0.25) is 0 Å². The number of carbonyl (C=O) groups excluding carboxylic acids is 1. The van der Waals surface area contributed by atoms with E-state index in [1.807, 2.05) is 24.3 Å². The zero-order valence-corrected chi connectivity index (χ0v) is 14.9. The molecule has 0 aliphatic carbocycles. The number of benzene rings is 1. The van der Waals surface area contributed by atoms with Gasteiger partial charge in [0.2, 0.25) is 0 Å². The lowest BCUT2D eigenvalue weighted by Crippen LogP contribution is -2.31. The summed E-state index contributed by atoms with van der Waals surface area (Å²) in [5.74, 6) is 0.984. The van der Waals surface area contributed by atoms with Crippen LogP contribution >= 0.6 is 15.9 Å². The smallest absolute Gasteiger partial charge is 0.177 e. The van der Waals surface area contributed by atoms with Crippen molar-refractivity contribution in [3.63, 3.8) is 0 Å². The predicted molar refractivity (Wildman–Crippen MR) is 91.7 cm³/mol. The maximum absolute atomic E-state index is 12.5. The molecule has 2 rings (SSSR count). The van der Waals surface area contributed by atoms with E-state index in [4.69, 9.17) is 0 Å². The molecule has 0 radical (unpaired) electrons. The molecule has 0 amide bonds. The van der Waals surface area contributed by atoms with Gasteiger partial charge in [0.05, 0.1) is 6.54 Å². The van der Waals surface area contributed by atoms with E-state index in [9.17, 15) is 4.79 Å². The molecule has 3 heteroatoms. The van der Waals surface area contributed by atoms with Crippen LogP contribution in [0.3, 0.4) is 0 Å². The molecule has 0 saturated carbocycles. The summed E-state index contributed by atoms with van der Waals surface area (Å²) in [7, 11) is 0. The van der Waals surface area contributed by atoms with Crippen LogP contribution in [0.5, 0.6) is 0 Å². The SMILES string of the molecule is CC(C)(C)C1CCCN(CC(=O)c2ccccc2Br)CC1. The third-order valence-corrected chi connectivity index (χ3v) is 5.28. The molecule has 116 valence electrons. The average Bonchev–Trinajstić information content (AvgIpc) is 2.64. The molecule has 2 nitrogen and oxygen atoms in total. The fraction of sp³-hybridized carbons (Fsp3) is 0.611. The van der Waals surface area contributed by atoms with E-state index >= 15 is 0 Å². The minimum atomic E-state index is 0.219. The Labute approximate surface area is 137 Å². The Kier molecular flexibility index (Phi) is 5.61. The van der Waals surface area contributed by atoms with Crippen LogP contribution in [-0.4, -0.2) is 30.3 Å². The van der Waals surface area contributed by atoms with Crippen molar-refractivity contribution in [2.24, 2.45) is 11.3 Å². The second-order valence-corrected chi connectivity index (χ2v) is 8.03. The Hall–Kier alpha value is -0.670. The quantitative estimate of drug-likeness (QED) is 0.730. The summed E-state index contributed by atoms with van der Waals surface area (Å²) in [5.41, 5.74) is 1.18. The van der Waals surface area contributed by atoms with Gasteiger partial charge in [-0.2, -0.15) is 0 Å². The summed E-state index contributed by atoms with van der Waals surface area (Å²) >= 11 is 3.47. The zero-order chi connectivity index (χ0) is 15.5. The molecule has 1 aromatic rings. The number of Topliss-reactive ketones (excluding diaryl/α,β-unsaturated/α-hetero) is 1. The minimum Gasteiger partial charge on any atom is -0.296 e. The van der Waals surface area contributed by atoms with Crippen molar-refractivity contribution in [1.82, 2.24) is 4.90 Å². The van der Waals surface area contributed by atoms with Crippen LogP contribution in [0.4, 0.5) is 0 Å². The Bertz CT molecular complexity index is 492. The highest BCUT2D eigenvalue weighted by atomic mass is 79.9. The molecule has 1 aliphatic rings. The fourth-order valence-electron chi connectivity index (χ4n) is 3.16. The molecule has 0 N–H and O–H groups in total. The standard InChI is InChI=1S/C18H26BrNO/c1-18(2,3)14-7-6-11-20(12-10-14)13-17(21)15-8-4-5-9-16(15)19/h4-5,8-9,14H,6-7,10-13H2,1-3H3. The summed E-state index contributed by atoms with van der Waals surface area (Å²) in [5, 5.41) is 0. The lowest BCUT2D eigenvalue weighted by Gasteiger charge is -2.29. The molecule has 1 heterocycles. The molecule has 1 atom stereocenters. The third-order valence-electron chi connectivity index (χ3n) is 4.59. The molecular weight excluding hydrogens is 326 g/mol. The molecule has 1 unspecified atom stereocenters. The van der Waals surface area contributed by atoms with Gasteiger partial charge in [-0.1, -0.05) is 54.9 Å². The van der Waals surface area contributed by atoms with Gasteiger partial charge in [-0.3, -0.25) is 9.69 Å². The Morgan fingerprint density at radius 2 is 1.95 bits per heavy atom. The van der Waals surface area contributed by atoms with Gasteiger partial charge >= 0.3 is 0 Å². The maximum atomic E-state index is 12.5. The first-order valence-electron chi connectivity index (χ1n) is 7.88. The highest BCUT2D eigenvalue weighted by molar-refractivity contribution is 9.10. The highest BCUT2D eigenvalue weighted by Crippen LogP contribution is 2.34.